The van der Waals surface area contributed by atoms with Gasteiger partial charge in [0.25, 0.3) is 11.8 Å². The van der Waals surface area contributed by atoms with E-state index in [9.17, 15) is 14.0 Å². The molecule has 8 heteroatoms. The van der Waals surface area contributed by atoms with E-state index in [-0.39, 0.29) is 24.2 Å². The Kier molecular flexibility index (Phi) is 7.15. The first-order valence-corrected chi connectivity index (χ1v) is 8.70. The van der Waals surface area contributed by atoms with E-state index < -0.39 is 6.04 Å². The number of carbonyl (C=O) groups excluding carboxylic acids is 2. The first-order valence-electron chi connectivity index (χ1n) is 8.32. The summed E-state index contributed by atoms with van der Waals surface area (Å²) in [6.45, 7) is 1.77. The summed E-state index contributed by atoms with van der Waals surface area (Å²) in [5.41, 5.74) is 0.959. The quantitative estimate of drug-likeness (QED) is 0.672. The van der Waals surface area contributed by atoms with E-state index in [1.807, 2.05) is 0 Å². The molecule has 6 nitrogen and oxygen atoms in total. The molecule has 0 heterocycles. The average molecular weight is 395 g/mol. The Bertz CT molecular complexity index is 814. The minimum Gasteiger partial charge on any atom is -0.495 e. The molecule has 2 rings (SSSR count). The third kappa shape index (κ3) is 5.94. The molecule has 3 N–H and O–H groups in total. The van der Waals surface area contributed by atoms with Gasteiger partial charge in [0.1, 0.15) is 11.6 Å². The van der Waals surface area contributed by atoms with Crippen molar-refractivity contribution in [1.82, 2.24) is 0 Å². The van der Waals surface area contributed by atoms with Crippen molar-refractivity contribution in [2.24, 2.45) is 0 Å². The third-order valence-electron chi connectivity index (χ3n) is 4.12. The van der Waals surface area contributed by atoms with Gasteiger partial charge in [0.2, 0.25) is 0 Å². The Morgan fingerprint density at radius 1 is 1.19 bits per heavy atom. The van der Waals surface area contributed by atoms with Gasteiger partial charge in [0.15, 0.2) is 12.6 Å². The van der Waals surface area contributed by atoms with Crippen LogP contribution >= 0.6 is 11.6 Å². The number of hydrogen-bond donors (Lipinski definition) is 3. The summed E-state index contributed by atoms with van der Waals surface area (Å²) in [5, 5.41) is 5.91. The molecule has 1 unspecified atom stereocenters. The minimum atomic E-state index is -0.498. The van der Waals surface area contributed by atoms with Crippen LogP contribution in [0.15, 0.2) is 42.5 Å². The second-order valence-electron chi connectivity index (χ2n) is 6.13. The number of halogens is 2. The Hall–Kier alpha value is -2.64. The van der Waals surface area contributed by atoms with E-state index >= 15 is 0 Å². The molecule has 27 heavy (non-hydrogen) atoms. The van der Waals surface area contributed by atoms with Crippen molar-refractivity contribution in [2.75, 3.05) is 31.3 Å². The van der Waals surface area contributed by atoms with Gasteiger partial charge in [-0.2, -0.15) is 0 Å². The maximum Gasteiger partial charge on any atom is 0.282 e. The second kappa shape index (κ2) is 9.34. The van der Waals surface area contributed by atoms with E-state index in [1.54, 1.807) is 32.2 Å². The van der Waals surface area contributed by atoms with Gasteiger partial charge in [-0.15, -0.1) is 0 Å². The number of hydrogen-bond acceptors (Lipinski definition) is 3. The number of likely N-dealkylation sites (N-methyl/N-ethyl adjacent to an activating group) is 1. The van der Waals surface area contributed by atoms with Crippen LogP contribution in [-0.4, -0.2) is 38.6 Å². The van der Waals surface area contributed by atoms with Crippen LogP contribution in [-0.2, 0) is 9.59 Å². The van der Waals surface area contributed by atoms with Gasteiger partial charge in [0.05, 0.1) is 19.8 Å². The number of ether oxygens (including phenoxy) is 1. The number of amides is 2. The zero-order valence-corrected chi connectivity index (χ0v) is 16.1. The van der Waals surface area contributed by atoms with Crippen molar-refractivity contribution in [1.29, 1.82) is 0 Å². The molecular formula is C19H22ClFN3O3+. The summed E-state index contributed by atoms with van der Waals surface area (Å²) in [5.74, 6) is -0.439. The Morgan fingerprint density at radius 2 is 1.85 bits per heavy atom. The molecule has 2 aromatic rings. The molecule has 0 saturated heterocycles. The Morgan fingerprint density at radius 3 is 2.48 bits per heavy atom. The van der Waals surface area contributed by atoms with Crippen molar-refractivity contribution in [3.8, 4) is 5.75 Å². The molecule has 2 atom stereocenters. The van der Waals surface area contributed by atoms with Crippen LogP contribution in [0.1, 0.15) is 6.92 Å². The fraction of sp³-hybridized carbons (Fsp3) is 0.263. The standard InChI is InChI=1S/C19H21ClFN3O3/c1-12(19(26)22-15-7-5-14(21)6-8-15)24(2)11-18(25)23-16-10-13(20)4-9-17(16)27-3/h4-10,12H,11H2,1-3H3,(H,22,26)(H,23,25)/p+1/t12-/m0/s1. The van der Waals surface area contributed by atoms with Crippen LogP contribution < -0.4 is 20.3 Å². The van der Waals surface area contributed by atoms with E-state index in [0.717, 1.165) is 0 Å². The number of rotatable bonds is 7. The lowest BCUT2D eigenvalue weighted by Gasteiger charge is -2.21. The highest BCUT2D eigenvalue weighted by Crippen LogP contribution is 2.27. The Labute approximate surface area is 162 Å². The highest BCUT2D eigenvalue weighted by Gasteiger charge is 2.24. The summed E-state index contributed by atoms with van der Waals surface area (Å²) in [7, 11) is 3.24. The number of nitrogens with one attached hydrogen (secondary N) is 3. The van der Waals surface area contributed by atoms with Gasteiger partial charge in [-0.3, -0.25) is 9.59 Å². The molecule has 144 valence electrons. The first kappa shape index (κ1) is 20.7. The summed E-state index contributed by atoms with van der Waals surface area (Å²) in [4.78, 5) is 25.3. The molecule has 0 bridgehead atoms. The maximum absolute atomic E-state index is 12.9. The van der Waals surface area contributed by atoms with Crippen molar-refractivity contribution in [3.63, 3.8) is 0 Å². The number of carbonyl (C=O) groups is 2. The molecule has 0 aliphatic heterocycles. The van der Waals surface area contributed by atoms with Crippen LogP contribution in [0.25, 0.3) is 0 Å². The van der Waals surface area contributed by atoms with Crippen molar-refractivity contribution in [2.45, 2.75) is 13.0 Å². The predicted octanol–water partition coefficient (Wildman–Crippen LogP) is 1.97. The fourth-order valence-electron chi connectivity index (χ4n) is 2.39. The second-order valence-corrected chi connectivity index (χ2v) is 6.57. The lowest BCUT2D eigenvalue weighted by molar-refractivity contribution is -0.885. The molecule has 0 aliphatic rings. The van der Waals surface area contributed by atoms with E-state index in [0.29, 0.717) is 27.0 Å². The van der Waals surface area contributed by atoms with Crippen LogP contribution in [0.2, 0.25) is 5.02 Å². The Balaban J connectivity index is 1.94. The minimum absolute atomic E-state index is 0.0632. The predicted molar refractivity (Wildman–Crippen MR) is 103 cm³/mol. The number of quaternary nitrogens is 1. The molecule has 2 amide bonds. The van der Waals surface area contributed by atoms with Gasteiger partial charge in [0, 0.05) is 10.7 Å². The van der Waals surface area contributed by atoms with E-state index in [2.05, 4.69) is 10.6 Å². The monoisotopic (exact) mass is 394 g/mol. The molecule has 0 spiro atoms. The molecule has 0 saturated carbocycles. The largest absolute Gasteiger partial charge is 0.495 e. The smallest absolute Gasteiger partial charge is 0.282 e. The van der Waals surface area contributed by atoms with E-state index in [4.69, 9.17) is 16.3 Å². The van der Waals surface area contributed by atoms with Crippen LogP contribution in [0.5, 0.6) is 5.75 Å². The van der Waals surface area contributed by atoms with Gasteiger partial charge in [-0.25, -0.2) is 4.39 Å². The third-order valence-corrected chi connectivity index (χ3v) is 4.35. The van der Waals surface area contributed by atoms with Crippen molar-refractivity contribution < 1.29 is 23.6 Å². The fourth-order valence-corrected chi connectivity index (χ4v) is 2.56. The topological polar surface area (TPSA) is 71.9 Å². The highest BCUT2D eigenvalue weighted by molar-refractivity contribution is 6.31. The molecule has 0 aromatic heterocycles. The number of benzene rings is 2. The molecular weight excluding hydrogens is 373 g/mol. The van der Waals surface area contributed by atoms with Crippen LogP contribution in [0.4, 0.5) is 15.8 Å². The van der Waals surface area contributed by atoms with E-state index in [1.165, 1.54) is 31.4 Å². The molecule has 0 fully saturated rings. The average Bonchev–Trinajstić information content (AvgIpc) is 2.63. The normalized spacial score (nSPS) is 12.8. The zero-order valence-electron chi connectivity index (χ0n) is 15.3. The van der Waals surface area contributed by atoms with Crippen molar-refractivity contribution in [3.05, 3.63) is 53.3 Å². The first-order chi connectivity index (χ1) is 12.8. The lowest BCUT2D eigenvalue weighted by Crippen LogP contribution is -3.14. The number of methoxy groups -OCH3 is 1. The summed E-state index contributed by atoms with van der Waals surface area (Å²) < 4.78 is 18.1. The van der Waals surface area contributed by atoms with Gasteiger partial charge in [-0.05, 0) is 49.4 Å². The summed E-state index contributed by atoms with van der Waals surface area (Å²) in [6, 6.07) is 9.91. The zero-order chi connectivity index (χ0) is 20.0. The van der Waals surface area contributed by atoms with Gasteiger partial charge >= 0.3 is 0 Å². The maximum atomic E-state index is 12.9. The van der Waals surface area contributed by atoms with Crippen molar-refractivity contribution >= 4 is 34.8 Å². The SMILES string of the molecule is COc1ccc(Cl)cc1NC(=O)C[NH+](C)[C@@H](C)C(=O)Nc1ccc(F)cc1. The van der Waals surface area contributed by atoms with Gasteiger partial charge < -0.3 is 20.3 Å². The molecule has 0 aliphatic carbocycles. The number of anilines is 2. The summed E-state index contributed by atoms with van der Waals surface area (Å²) in [6.07, 6.45) is 0. The molecule has 2 aromatic carbocycles. The molecule has 0 radical (unpaired) electrons. The van der Waals surface area contributed by atoms with Crippen LogP contribution in [0, 0.1) is 5.82 Å². The van der Waals surface area contributed by atoms with Gasteiger partial charge in [-0.1, -0.05) is 11.6 Å². The van der Waals surface area contributed by atoms with Crippen LogP contribution in [0.3, 0.4) is 0 Å². The highest BCUT2D eigenvalue weighted by atomic mass is 35.5. The lowest BCUT2D eigenvalue weighted by atomic mass is 10.2. The summed E-state index contributed by atoms with van der Waals surface area (Å²) >= 11 is 5.95.